The van der Waals surface area contributed by atoms with Crippen molar-refractivity contribution in [3.05, 3.63) is 68.7 Å². The van der Waals surface area contributed by atoms with Crippen LogP contribution in [0, 0.1) is 25.2 Å². The molecular formula is C17H13Cl2NO. The lowest BCUT2D eigenvalue weighted by molar-refractivity contribution is 0.0979. The molecule has 0 bridgehead atoms. The lowest BCUT2D eigenvalue weighted by atomic mass is 9.90. The molecule has 0 spiro atoms. The average molecular weight is 318 g/mol. The van der Waals surface area contributed by atoms with Gasteiger partial charge in [-0.05, 0) is 48.7 Å². The summed E-state index contributed by atoms with van der Waals surface area (Å²) >= 11 is 11.9. The Labute approximate surface area is 133 Å². The Balaban J connectivity index is 2.43. The number of nitrogens with zero attached hydrogens (tertiary/aromatic N) is 1. The second-order valence-electron chi connectivity index (χ2n) is 4.89. The van der Waals surface area contributed by atoms with E-state index < -0.39 is 5.92 Å². The van der Waals surface area contributed by atoms with Crippen molar-refractivity contribution in [1.82, 2.24) is 0 Å². The molecule has 0 saturated heterocycles. The highest BCUT2D eigenvalue weighted by molar-refractivity contribution is 6.37. The molecule has 1 atom stereocenters. The van der Waals surface area contributed by atoms with Crippen molar-refractivity contribution in [2.24, 2.45) is 0 Å². The fraction of sp³-hybridized carbons (Fsp3) is 0.176. The first-order chi connectivity index (χ1) is 9.93. The summed E-state index contributed by atoms with van der Waals surface area (Å²) in [5.74, 6) is -1.19. The first-order valence-electron chi connectivity index (χ1n) is 6.40. The van der Waals surface area contributed by atoms with Crippen LogP contribution in [-0.2, 0) is 0 Å². The summed E-state index contributed by atoms with van der Waals surface area (Å²) in [6.45, 7) is 3.94. The van der Waals surface area contributed by atoms with Gasteiger partial charge in [0.25, 0.3) is 0 Å². The summed E-state index contributed by atoms with van der Waals surface area (Å²) in [6.07, 6.45) is 0. The Morgan fingerprint density at radius 3 is 2.38 bits per heavy atom. The van der Waals surface area contributed by atoms with E-state index in [1.807, 2.05) is 26.0 Å². The molecular weight excluding hydrogens is 305 g/mol. The van der Waals surface area contributed by atoms with Gasteiger partial charge in [-0.1, -0.05) is 41.4 Å². The maximum absolute atomic E-state index is 12.6. The maximum Gasteiger partial charge on any atom is 0.185 e. The molecule has 0 fully saturated rings. The van der Waals surface area contributed by atoms with E-state index >= 15 is 0 Å². The van der Waals surface area contributed by atoms with E-state index in [1.165, 1.54) is 6.07 Å². The molecule has 4 heteroatoms. The van der Waals surface area contributed by atoms with Crippen LogP contribution >= 0.6 is 23.2 Å². The van der Waals surface area contributed by atoms with Gasteiger partial charge in [-0.25, -0.2) is 0 Å². The van der Waals surface area contributed by atoms with E-state index in [4.69, 9.17) is 23.2 Å². The van der Waals surface area contributed by atoms with Crippen molar-refractivity contribution in [3.8, 4) is 6.07 Å². The first kappa shape index (κ1) is 15.6. The highest BCUT2D eigenvalue weighted by Crippen LogP contribution is 2.28. The largest absolute Gasteiger partial charge is 0.292 e. The average Bonchev–Trinajstić information content (AvgIpc) is 2.43. The summed E-state index contributed by atoms with van der Waals surface area (Å²) in [7, 11) is 0. The number of carbonyl (C=O) groups is 1. The van der Waals surface area contributed by atoms with Gasteiger partial charge >= 0.3 is 0 Å². The summed E-state index contributed by atoms with van der Waals surface area (Å²) in [5, 5.41) is 10.1. The van der Waals surface area contributed by atoms with Gasteiger partial charge in [0.15, 0.2) is 5.78 Å². The van der Waals surface area contributed by atoms with E-state index in [2.05, 4.69) is 6.07 Å². The van der Waals surface area contributed by atoms with Gasteiger partial charge in [0, 0.05) is 10.6 Å². The van der Waals surface area contributed by atoms with Gasteiger partial charge < -0.3 is 0 Å². The van der Waals surface area contributed by atoms with Crippen LogP contribution in [0.2, 0.25) is 10.0 Å². The Morgan fingerprint density at radius 1 is 1.10 bits per heavy atom. The van der Waals surface area contributed by atoms with Gasteiger partial charge in [-0.3, -0.25) is 4.79 Å². The van der Waals surface area contributed by atoms with E-state index in [-0.39, 0.29) is 10.8 Å². The molecule has 0 heterocycles. The minimum Gasteiger partial charge on any atom is -0.292 e. The minimum absolute atomic E-state index is 0.261. The quantitative estimate of drug-likeness (QED) is 0.739. The van der Waals surface area contributed by atoms with Gasteiger partial charge in [0.2, 0.25) is 0 Å². The van der Waals surface area contributed by atoms with E-state index in [0.717, 1.165) is 11.1 Å². The summed E-state index contributed by atoms with van der Waals surface area (Å²) < 4.78 is 0. The van der Waals surface area contributed by atoms with Crippen LogP contribution in [0.15, 0.2) is 36.4 Å². The van der Waals surface area contributed by atoms with Crippen LogP contribution in [-0.4, -0.2) is 5.78 Å². The zero-order chi connectivity index (χ0) is 15.6. The summed E-state index contributed by atoms with van der Waals surface area (Å²) in [5.41, 5.74) is 3.15. The SMILES string of the molecule is Cc1ccc(C(C#N)C(=O)c2ccc(Cl)cc2Cl)cc1C. The molecule has 0 aromatic heterocycles. The predicted octanol–water partition coefficient (Wildman–Crippen LogP) is 5.10. The second-order valence-corrected chi connectivity index (χ2v) is 5.74. The van der Waals surface area contributed by atoms with Crippen molar-refractivity contribution >= 4 is 29.0 Å². The molecule has 2 nitrogen and oxygen atoms in total. The van der Waals surface area contributed by atoms with Crippen LogP contribution in [0.4, 0.5) is 0 Å². The molecule has 0 aliphatic carbocycles. The third kappa shape index (κ3) is 3.26. The normalized spacial score (nSPS) is 11.8. The van der Waals surface area contributed by atoms with Gasteiger partial charge in [0.05, 0.1) is 11.1 Å². The van der Waals surface area contributed by atoms with Crippen LogP contribution in [0.3, 0.4) is 0 Å². The van der Waals surface area contributed by atoms with Gasteiger partial charge in [-0.15, -0.1) is 0 Å². The molecule has 21 heavy (non-hydrogen) atoms. The molecule has 2 rings (SSSR count). The standard InChI is InChI=1S/C17H13Cl2NO/c1-10-3-4-12(7-11(10)2)15(9-20)17(21)14-6-5-13(18)8-16(14)19/h3-8,15H,1-2H3. The molecule has 0 aliphatic rings. The molecule has 106 valence electrons. The van der Waals surface area contributed by atoms with Crippen LogP contribution < -0.4 is 0 Å². The Morgan fingerprint density at radius 2 is 1.81 bits per heavy atom. The highest BCUT2D eigenvalue weighted by atomic mass is 35.5. The maximum atomic E-state index is 12.6. The molecule has 0 saturated carbocycles. The van der Waals surface area contributed by atoms with E-state index in [1.54, 1.807) is 18.2 Å². The zero-order valence-electron chi connectivity index (χ0n) is 11.7. The molecule has 1 unspecified atom stereocenters. The monoisotopic (exact) mass is 317 g/mol. The number of Topliss-reactive ketones (excluding diaryl/α,β-unsaturated/α-hetero) is 1. The molecule has 0 radical (unpaired) electrons. The highest BCUT2D eigenvalue weighted by Gasteiger charge is 2.24. The number of benzene rings is 2. The molecule has 0 amide bonds. The topological polar surface area (TPSA) is 40.9 Å². The fourth-order valence-electron chi connectivity index (χ4n) is 2.07. The van der Waals surface area contributed by atoms with Crippen molar-refractivity contribution in [3.63, 3.8) is 0 Å². The van der Waals surface area contributed by atoms with Crippen molar-refractivity contribution in [2.45, 2.75) is 19.8 Å². The fourth-order valence-corrected chi connectivity index (χ4v) is 2.58. The number of halogens is 2. The minimum atomic E-state index is -0.872. The van der Waals surface area contributed by atoms with Gasteiger partial charge in [-0.2, -0.15) is 5.26 Å². The molecule has 0 N–H and O–H groups in total. The van der Waals surface area contributed by atoms with Gasteiger partial charge in [0.1, 0.15) is 5.92 Å². The van der Waals surface area contributed by atoms with Crippen molar-refractivity contribution < 1.29 is 4.79 Å². The van der Waals surface area contributed by atoms with Crippen molar-refractivity contribution in [2.75, 3.05) is 0 Å². The van der Waals surface area contributed by atoms with Crippen molar-refractivity contribution in [1.29, 1.82) is 5.26 Å². The Bertz CT molecular complexity index is 747. The summed E-state index contributed by atoms with van der Waals surface area (Å²) in [4.78, 5) is 12.6. The lowest BCUT2D eigenvalue weighted by Crippen LogP contribution is -2.12. The van der Waals surface area contributed by atoms with Crippen LogP contribution in [0.1, 0.15) is 33.0 Å². The predicted molar refractivity (Wildman–Crippen MR) is 85.1 cm³/mol. The van der Waals surface area contributed by atoms with E-state index in [9.17, 15) is 10.1 Å². The smallest absolute Gasteiger partial charge is 0.185 e. The number of nitriles is 1. The van der Waals surface area contributed by atoms with Crippen LogP contribution in [0.5, 0.6) is 0 Å². The number of rotatable bonds is 3. The first-order valence-corrected chi connectivity index (χ1v) is 7.15. The number of carbonyl (C=O) groups excluding carboxylic acids is 1. The second kappa shape index (κ2) is 6.30. The Hall–Kier alpha value is -1.82. The number of hydrogen-bond acceptors (Lipinski definition) is 2. The molecule has 0 aliphatic heterocycles. The summed E-state index contributed by atoms with van der Waals surface area (Å²) in [6, 6.07) is 12.3. The number of ketones is 1. The molecule has 2 aromatic rings. The number of hydrogen-bond donors (Lipinski definition) is 0. The Kier molecular flexibility index (Phi) is 4.67. The zero-order valence-corrected chi connectivity index (χ0v) is 13.2. The van der Waals surface area contributed by atoms with Crippen LogP contribution in [0.25, 0.3) is 0 Å². The molecule has 2 aromatic carbocycles. The third-order valence-electron chi connectivity index (χ3n) is 3.45. The van der Waals surface area contributed by atoms with E-state index in [0.29, 0.717) is 16.1 Å². The lowest BCUT2D eigenvalue weighted by Gasteiger charge is -2.12. The third-order valence-corrected chi connectivity index (χ3v) is 4.00. The number of aryl methyl sites for hydroxylation is 2.